The molecule has 0 radical (unpaired) electrons. The largest absolute Gasteiger partial charge is 0.508 e. The molecule has 14 nitrogen and oxygen atoms in total. The summed E-state index contributed by atoms with van der Waals surface area (Å²) < 4.78 is 0. The number of nitrogens with two attached hydrogens (primary N) is 1. The van der Waals surface area contributed by atoms with Gasteiger partial charge in [0, 0.05) is 43.0 Å². The van der Waals surface area contributed by atoms with Gasteiger partial charge in [0.2, 0.25) is 17.7 Å². The number of aromatic amines is 2. The maximum atomic E-state index is 13.4. The molecule has 4 unspecified atom stereocenters. The molecule has 0 fully saturated rings. The second kappa shape index (κ2) is 14.6. The van der Waals surface area contributed by atoms with Crippen LogP contribution in [0.4, 0.5) is 0 Å². The molecule has 0 saturated carbocycles. The lowest BCUT2D eigenvalue weighted by molar-refractivity contribution is -0.142. The van der Waals surface area contributed by atoms with E-state index in [1.807, 2.05) is 13.8 Å². The Morgan fingerprint density at radius 2 is 1.34 bits per heavy atom. The van der Waals surface area contributed by atoms with Crippen molar-refractivity contribution in [2.24, 2.45) is 11.7 Å². The summed E-state index contributed by atoms with van der Waals surface area (Å²) in [5, 5.41) is 27.1. The highest BCUT2D eigenvalue weighted by Gasteiger charge is 2.31. The molecule has 3 amide bonds. The molecule has 3 aromatic rings. The molecule has 2 heterocycles. The number of nitrogens with zero attached hydrogens (tertiary/aromatic N) is 2. The van der Waals surface area contributed by atoms with Crippen molar-refractivity contribution in [1.29, 1.82) is 0 Å². The number of carbonyl (C=O) groups excluding carboxylic acids is 3. The molecule has 41 heavy (non-hydrogen) atoms. The van der Waals surface area contributed by atoms with Gasteiger partial charge in [0.15, 0.2) is 0 Å². The zero-order valence-electron chi connectivity index (χ0n) is 22.8. The summed E-state index contributed by atoms with van der Waals surface area (Å²) in [6.45, 7) is 3.76. The maximum absolute atomic E-state index is 13.4. The summed E-state index contributed by atoms with van der Waals surface area (Å²) in [7, 11) is 0. The first-order valence-corrected chi connectivity index (χ1v) is 13.1. The van der Waals surface area contributed by atoms with Crippen LogP contribution in [0.1, 0.15) is 37.2 Å². The summed E-state index contributed by atoms with van der Waals surface area (Å²) in [4.78, 5) is 65.1. The van der Waals surface area contributed by atoms with Crippen LogP contribution in [-0.4, -0.2) is 78.0 Å². The molecule has 1 aromatic carbocycles. The van der Waals surface area contributed by atoms with Gasteiger partial charge in [-0.3, -0.25) is 14.4 Å². The van der Waals surface area contributed by atoms with Crippen molar-refractivity contribution in [3.8, 4) is 5.75 Å². The van der Waals surface area contributed by atoms with E-state index in [9.17, 15) is 29.4 Å². The number of phenols is 1. The molecule has 3 rings (SSSR count). The topological polar surface area (TPSA) is 228 Å². The van der Waals surface area contributed by atoms with Crippen molar-refractivity contribution in [2.45, 2.75) is 63.7 Å². The number of aromatic nitrogens is 4. The number of rotatable bonds is 15. The number of benzene rings is 1. The summed E-state index contributed by atoms with van der Waals surface area (Å²) >= 11 is 0. The summed E-state index contributed by atoms with van der Waals surface area (Å²) in [5.74, 6) is -3.13. The minimum absolute atomic E-state index is 0.00912. The van der Waals surface area contributed by atoms with Crippen LogP contribution in [0, 0.1) is 5.92 Å². The number of nitrogens with one attached hydrogen (secondary N) is 5. The van der Waals surface area contributed by atoms with Gasteiger partial charge in [-0.25, -0.2) is 14.8 Å². The molecular weight excluding hydrogens is 532 g/mol. The molecule has 0 saturated heterocycles. The van der Waals surface area contributed by atoms with Crippen molar-refractivity contribution in [2.75, 3.05) is 0 Å². The van der Waals surface area contributed by atoms with Crippen LogP contribution in [-0.2, 0) is 38.4 Å². The van der Waals surface area contributed by atoms with E-state index in [2.05, 4.69) is 35.9 Å². The van der Waals surface area contributed by atoms with E-state index in [1.165, 1.54) is 31.0 Å². The smallest absolute Gasteiger partial charge is 0.326 e. The lowest BCUT2D eigenvalue weighted by Crippen LogP contribution is -2.58. The van der Waals surface area contributed by atoms with E-state index in [1.54, 1.807) is 18.3 Å². The highest BCUT2D eigenvalue weighted by atomic mass is 16.4. The molecule has 0 aliphatic heterocycles. The summed E-state index contributed by atoms with van der Waals surface area (Å²) in [6.07, 6.45) is 6.32. The molecule has 9 N–H and O–H groups in total. The Morgan fingerprint density at radius 3 is 1.88 bits per heavy atom. The Bertz CT molecular complexity index is 1280. The van der Waals surface area contributed by atoms with E-state index >= 15 is 0 Å². The monoisotopic (exact) mass is 568 g/mol. The average molecular weight is 569 g/mol. The highest BCUT2D eigenvalue weighted by molar-refractivity contribution is 5.94. The van der Waals surface area contributed by atoms with Crippen LogP contribution in [0.25, 0.3) is 0 Å². The van der Waals surface area contributed by atoms with E-state index < -0.39 is 47.9 Å². The van der Waals surface area contributed by atoms with Crippen LogP contribution in [0.2, 0.25) is 0 Å². The number of hydrogen-bond acceptors (Lipinski definition) is 8. The second-order valence-electron chi connectivity index (χ2n) is 10.2. The molecule has 0 spiro atoms. The Balaban J connectivity index is 1.74. The first-order valence-electron chi connectivity index (χ1n) is 13.1. The van der Waals surface area contributed by atoms with Crippen molar-refractivity contribution < 1.29 is 29.4 Å². The van der Waals surface area contributed by atoms with Gasteiger partial charge in [-0.15, -0.1) is 0 Å². The third kappa shape index (κ3) is 9.76. The molecule has 14 heteroatoms. The Morgan fingerprint density at radius 1 is 0.805 bits per heavy atom. The normalized spacial score (nSPS) is 14.0. The number of H-pyrrole nitrogens is 2. The predicted octanol–water partition coefficient (Wildman–Crippen LogP) is -0.221. The van der Waals surface area contributed by atoms with Crippen LogP contribution >= 0.6 is 0 Å². The van der Waals surface area contributed by atoms with Gasteiger partial charge in [0.25, 0.3) is 0 Å². The first-order chi connectivity index (χ1) is 19.5. The van der Waals surface area contributed by atoms with Gasteiger partial charge in [-0.1, -0.05) is 26.0 Å². The Kier molecular flexibility index (Phi) is 11.0. The van der Waals surface area contributed by atoms with E-state index in [-0.39, 0.29) is 37.4 Å². The number of phenolic OH excluding ortho intramolecular Hbond substituents is 1. The predicted molar refractivity (Wildman–Crippen MR) is 147 cm³/mol. The number of carboxylic acid groups (broad SMARTS) is 1. The fourth-order valence-electron chi connectivity index (χ4n) is 4.15. The van der Waals surface area contributed by atoms with Crippen molar-refractivity contribution in [3.05, 3.63) is 66.3 Å². The van der Waals surface area contributed by atoms with E-state index in [0.29, 0.717) is 17.0 Å². The zero-order chi connectivity index (χ0) is 29.9. The van der Waals surface area contributed by atoms with Crippen LogP contribution < -0.4 is 21.7 Å². The Labute approximate surface area is 236 Å². The molecular formula is C27H36N8O6. The third-order valence-electron chi connectivity index (χ3n) is 6.27. The molecule has 4 atom stereocenters. The quantitative estimate of drug-likeness (QED) is 0.121. The number of carboxylic acids is 1. The number of amides is 3. The second-order valence-corrected chi connectivity index (χ2v) is 10.2. The van der Waals surface area contributed by atoms with Crippen LogP contribution in [0.3, 0.4) is 0 Å². The standard InChI is InChI=1S/C27H36N8O6/c1-15(2)7-21(33-24(37)20(28)9-17-11-29-13-31-17)25(38)34-22(10-18-12-30-14-32-18)26(39)35-23(27(40)41)8-16-3-5-19(36)6-4-16/h3-6,11-15,20-23,36H,7-10,28H2,1-2H3,(H,29,31)(H,30,32)(H,33,37)(H,34,38)(H,35,39)(H,40,41). The molecule has 0 bridgehead atoms. The van der Waals surface area contributed by atoms with Crippen LogP contribution in [0.15, 0.2) is 49.3 Å². The van der Waals surface area contributed by atoms with Crippen molar-refractivity contribution in [1.82, 2.24) is 35.9 Å². The van der Waals surface area contributed by atoms with E-state index in [4.69, 9.17) is 5.73 Å². The summed E-state index contributed by atoms with van der Waals surface area (Å²) in [6, 6.07) is 1.50. The first kappa shape index (κ1) is 30.8. The van der Waals surface area contributed by atoms with E-state index in [0.717, 1.165) is 0 Å². The van der Waals surface area contributed by atoms with Gasteiger partial charge >= 0.3 is 5.97 Å². The zero-order valence-corrected chi connectivity index (χ0v) is 22.8. The van der Waals surface area contributed by atoms with Gasteiger partial charge in [0.1, 0.15) is 23.9 Å². The summed E-state index contributed by atoms with van der Waals surface area (Å²) in [5.41, 5.74) is 7.82. The fraction of sp³-hybridized carbons (Fsp3) is 0.407. The van der Waals surface area contributed by atoms with Gasteiger partial charge in [0.05, 0.1) is 18.7 Å². The number of aromatic hydroxyl groups is 1. The number of hydrogen-bond donors (Lipinski definition) is 8. The molecule has 2 aromatic heterocycles. The van der Waals surface area contributed by atoms with Crippen LogP contribution in [0.5, 0.6) is 5.75 Å². The molecule has 0 aliphatic rings. The minimum Gasteiger partial charge on any atom is -0.508 e. The maximum Gasteiger partial charge on any atom is 0.326 e. The molecule has 220 valence electrons. The Hall–Kier alpha value is -4.72. The number of aliphatic carboxylic acids is 1. The van der Waals surface area contributed by atoms with Gasteiger partial charge in [-0.05, 0) is 30.0 Å². The van der Waals surface area contributed by atoms with Gasteiger partial charge < -0.3 is 41.9 Å². The highest BCUT2D eigenvalue weighted by Crippen LogP contribution is 2.12. The SMILES string of the molecule is CC(C)CC(NC(=O)C(N)Cc1cnc[nH]1)C(=O)NC(Cc1cnc[nH]1)C(=O)NC(Cc1ccc(O)cc1)C(=O)O. The van der Waals surface area contributed by atoms with Crippen molar-refractivity contribution >= 4 is 23.7 Å². The number of carbonyl (C=O) groups is 4. The lowest BCUT2D eigenvalue weighted by atomic mass is 10.0. The average Bonchev–Trinajstić information content (AvgIpc) is 3.63. The van der Waals surface area contributed by atoms with Gasteiger partial charge in [-0.2, -0.15) is 0 Å². The lowest BCUT2D eigenvalue weighted by Gasteiger charge is -2.26. The third-order valence-corrected chi connectivity index (χ3v) is 6.27. The number of imidazole rings is 2. The molecule has 0 aliphatic carbocycles. The fourth-order valence-corrected chi connectivity index (χ4v) is 4.15. The minimum atomic E-state index is -1.31. The van der Waals surface area contributed by atoms with Crippen molar-refractivity contribution in [3.63, 3.8) is 0 Å².